The van der Waals surface area contributed by atoms with E-state index < -0.39 is 11.4 Å². The number of nitrogens with zero attached hydrogens (tertiary/aromatic N) is 5. The summed E-state index contributed by atoms with van der Waals surface area (Å²) in [5.74, 6) is -0.230. The molecule has 2 saturated heterocycles. The van der Waals surface area contributed by atoms with Crippen molar-refractivity contribution in [1.29, 1.82) is 0 Å². The molecule has 35 heavy (non-hydrogen) atoms. The van der Waals surface area contributed by atoms with E-state index >= 15 is 0 Å². The maximum Gasteiger partial charge on any atom is 0.410 e. The van der Waals surface area contributed by atoms with Gasteiger partial charge in [0, 0.05) is 30.7 Å². The van der Waals surface area contributed by atoms with Crippen LogP contribution in [0.5, 0.6) is 6.01 Å². The van der Waals surface area contributed by atoms with Crippen LogP contribution >= 0.6 is 11.6 Å². The third-order valence-electron chi connectivity index (χ3n) is 7.09. The van der Waals surface area contributed by atoms with Gasteiger partial charge in [-0.2, -0.15) is 9.97 Å². The van der Waals surface area contributed by atoms with Crippen LogP contribution in [0.1, 0.15) is 52.9 Å². The molecule has 190 valence electrons. The second-order valence-corrected chi connectivity index (χ2v) is 11.3. The molecule has 3 fully saturated rings. The number of aliphatic hydroxyl groups is 1. The molecule has 0 radical (unpaired) electrons. The lowest BCUT2D eigenvalue weighted by Gasteiger charge is -2.31. The van der Waals surface area contributed by atoms with Crippen LogP contribution < -0.4 is 9.64 Å². The minimum Gasteiger partial charge on any atom is -0.463 e. The number of carbonyl (C=O) groups is 1. The number of rotatable bonds is 5. The van der Waals surface area contributed by atoms with Crippen LogP contribution in [0, 0.1) is 11.2 Å². The van der Waals surface area contributed by atoms with Crippen molar-refractivity contribution in [2.75, 3.05) is 31.2 Å². The van der Waals surface area contributed by atoms with Gasteiger partial charge in [-0.3, -0.25) is 0 Å². The summed E-state index contributed by atoms with van der Waals surface area (Å²) in [6.45, 7) is 7.00. The second-order valence-electron chi connectivity index (χ2n) is 10.9. The van der Waals surface area contributed by atoms with Gasteiger partial charge >= 0.3 is 12.1 Å². The lowest BCUT2D eigenvalue weighted by molar-refractivity contribution is 0.0163. The predicted octanol–water partition coefficient (Wildman–Crippen LogP) is 3.95. The maximum absolute atomic E-state index is 15.0. The highest BCUT2D eigenvalue weighted by Crippen LogP contribution is 2.45. The van der Waals surface area contributed by atoms with E-state index in [4.69, 9.17) is 21.1 Å². The summed E-state index contributed by atoms with van der Waals surface area (Å²) in [5.41, 5.74) is -0.812. The number of hydrogen-bond acceptors (Lipinski definition) is 8. The monoisotopic (exact) mass is 507 g/mol. The van der Waals surface area contributed by atoms with Crippen LogP contribution in [-0.4, -0.2) is 75.0 Å². The van der Waals surface area contributed by atoms with Gasteiger partial charge < -0.3 is 24.4 Å². The molecule has 11 heteroatoms. The Kier molecular flexibility index (Phi) is 6.15. The fraction of sp³-hybridized carbons (Fsp3) is 0.667. The van der Waals surface area contributed by atoms with Gasteiger partial charge in [0.2, 0.25) is 0 Å². The zero-order chi connectivity index (χ0) is 25.0. The highest BCUT2D eigenvalue weighted by Gasteiger charge is 2.44. The summed E-state index contributed by atoms with van der Waals surface area (Å²) in [5, 5.41) is 9.78. The molecule has 2 bridgehead atoms. The zero-order valence-corrected chi connectivity index (χ0v) is 21.0. The van der Waals surface area contributed by atoms with Crippen molar-refractivity contribution < 1.29 is 23.8 Å². The summed E-state index contributed by atoms with van der Waals surface area (Å²) < 4.78 is 26.5. The number of amides is 1. The number of anilines is 1. The summed E-state index contributed by atoms with van der Waals surface area (Å²) in [4.78, 5) is 29.8. The van der Waals surface area contributed by atoms with Crippen LogP contribution in [0.15, 0.2) is 6.20 Å². The third kappa shape index (κ3) is 4.82. The molecular formula is C24H31ClFN5O4. The Hall–Kier alpha value is -2.46. The van der Waals surface area contributed by atoms with Crippen molar-refractivity contribution in [3.63, 3.8) is 0 Å². The van der Waals surface area contributed by atoms with Crippen molar-refractivity contribution in [3.8, 4) is 6.01 Å². The molecular weight excluding hydrogens is 477 g/mol. The molecule has 2 aliphatic heterocycles. The SMILES string of the molecule is CC(C)(C)OC(=O)N1C2CCC1CN(c1nc(OCC3(CO)CC3)nc3c(F)c(Cl)ncc13)CC2. The van der Waals surface area contributed by atoms with E-state index in [2.05, 4.69) is 15.0 Å². The number of aliphatic hydroxyl groups excluding tert-OH is 1. The Balaban J connectivity index is 1.46. The molecule has 9 nitrogen and oxygen atoms in total. The van der Waals surface area contributed by atoms with Crippen molar-refractivity contribution in [2.24, 2.45) is 5.41 Å². The van der Waals surface area contributed by atoms with E-state index in [-0.39, 0.29) is 53.5 Å². The van der Waals surface area contributed by atoms with E-state index in [0.29, 0.717) is 24.3 Å². The number of aromatic nitrogens is 3. The van der Waals surface area contributed by atoms with Gasteiger partial charge in [0.1, 0.15) is 16.9 Å². The molecule has 2 atom stereocenters. The lowest BCUT2D eigenvalue weighted by Crippen LogP contribution is -2.45. The van der Waals surface area contributed by atoms with Gasteiger partial charge in [-0.1, -0.05) is 11.6 Å². The third-order valence-corrected chi connectivity index (χ3v) is 7.35. The molecule has 0 aromatic carbocycles. The summed E-state index contributed by atoms with van der Waals surface area (Å²) in [6.07, 6.45) is 5.41. The highest BCUT2D eigenvalue weighted by atomic mass is 35.5. The first-order valence-electron chi connectivity index (χ1n) is 12.1. The minimum absolute atomic E-state index is 0.0211. The Labute approximate surface area is 208 Å². The minimum atomic E-state index is -0.729. The normalized spacial score (nSPS) is 23.4. The van der Waals surface area contributed by atoms with Crippen LogP contribution in [0.2, 0.25) is 5.15 Å². The Morgan fingerprint density at radius 3 is 2.69 bits per heavy atom. The van der Waals surface area contributed by atoms with Crippen LogP contribution in [0.3, 0.4) is 0 Å². The van der Waals surface area contributed by atoms with Crippen molar-refractivity contribution >= 4 is 34.4 Å². The number of carbonyl (C=O) groups excluding carboxylic acids is 1. The van der Waals surface area contributed by atoms with Crippen LogP contribution in [0.25, 0.3) is 10.9 Å². The van der Waals surface area contributed by atoms with Crippen molar-refractivity contribution in [1.82, 2.24) is 19.9 Å². The molecule has 2 aromatic heterocycles. The predicted molar refractivity (Wildman–Crippen MR) is 128 cm³/mol. The molecule has 4 heterocycles. The van der Waals surface area contributed by atoms with Crippen molar-refractivity contribution in [3.05, 3.63) is 17.2 Å². The van der Waals surface area contributed by atoms with E-state index in [1.165, 1.54) is 6.20 Å². The quantitative estimate of drug-likeness (QED) is 0.607. The summed E-state index contributed by atoms with van der Waals surface area (Å²) in [6, 6.07) is 0.0556. The van der Waals surface area contributed by atoms with Gasteiger partial charge in [0.05, 0.1) is 24.6 Å². The fourth-order valence-electron chi connectivity index (χ4n) is 4.93. The first-order valence-corrected chi connectivity index (χ1v) is 12.5. The van der Waals surface area contributed by atoms with Gasteiger partial charge in [-0.25, -0.2) is 14.2 Å². The number of pyridine rings is 1. The molecule has 1 saturated carbocycles. The van der Waals surface area contributed by atoms with Gasteiger partial charge in [-0.15, -0.1) is 0 Å². The van der Waals surface area contributed by atoms with Gasteiger partial charge in [0.15, 0.2) is 11.0 Å². The van der Waals surface area contributed by atoms with Gasteiger partial charge in [0.25, 0.3) is 0 Å². The van der Waals surface area contributed by atoms with Crippen LogP contribution in [0.4, 0.5) is 15.0 Å². The highest BCUT2D eigenvalue weighted by molar-refractivity contribution is 6.30. The molecule has 2 aromatic rings. The zero-order valence-electron chi connectivity index (χ0n) is 20.3. The average molecular weight is 508 g/mol. The first-order chi connectivity index (χ1) is 16.6. The number of fused-ring (bicyclic) bond motifs is 3. The Morgan fingerprint density at radius 2 is 2.00 bits per heavy atom. The first kappa shape index (κ1) is 24.2. The van der Waals surface area contributed by atoms with Gasteiger partial charge in [-0.05, 0) is 52.9 Å². The second kappa shape index (κ2) is 8.89. The molecule has 0 spiro atoms. The number of ether oxygens (including phenoxy) is 2. The van der Waals surface area contributed by atoms with E-state index in [1.54, 1.807) is 0 Å². The number of halogens is 2. The Morgan fingerprint density at radius 1 is 1.26 bits per heavy atom. The largest absolute Gasteiger partial charge is 0.463 e. The molecule has 1 amide bonds. The topological polar surface area (TPSA) is 101 Å². The Bertz CT molecular complexity index is 1140. The molecule has 5 rings (SSSR count). The molecule has 2 unspecified atom stereocenters. The van der Waals surface area contributed by atoms with E-state index in [1.807, 2.05) is 30.6 Å². The van der Waals surface area contributed by atoms with Crippen LogP contribution in [-0.2, 0) is 4.74 Å². The smallest absolute Gasteiger partial charge is 0.410 e. The number of hydrogen-bond donors (Lipinski definition) is 1. The fourth-order valence-corrected chi connectivity index (χ4v) is 5.07. The molecule has 3 aliphatic rings. The van der Waals surface area contributed by atoms with Crippen molar-refractivity contribution in [2.45, 2.75) is 70.6 Å². The van der Waals surface area contributed by atoms with E-state index in [9.17, 15) is 14.3 Å². The standard InChI is InChI=1S/C24H31ClFN5O4/c1-23(2,3)35-22(33)31-14-4-5-15(31)11-30(9-6-14)20-16-10-27-19(25)17(26)18(16)28-21(29-20)34-13-24(12-32)7-8-24/h10,14-15,32H,4-9,11-13H2,1-3H3. The van der Waals surface area contributed by atoms with E-state index in [0.717, 1.165) is 32.1 Å². The average Bonchev–Trinajstić information content (AvgIpc) is 3.50. The molecule has 1 aliphatic carbocycles. The lowest BCUT2D eigenvalue weighted by atomic mass is 10.1. The summed E-state index contributed by atoms with van der Waals surface area (Å²) in [7, 11) is 0. The maximum atomic E-state index is 15.0. The molecule has 1 N–H and O–H groups in total. The summed E-state index contributed by atoms with van der Waals surface area (Å²) >= 11 is 5.95.